The number of piperidine rings is 1. The van der Waals surface area contributed by atoms with Gasteiger partial charge >= 0.3 is 5.97 Å². The Morgan fingerprint density at radius 1 is 1.05 bits per heavy atom. The van der Waals surface area contributed by atoms with Crippen molar-refractivity contribution in [2.75, 3.05) is 13.1 Å². The fourth-order valence-corrected chi connectivity index (χ4v) is 6.52. The first-order valence-electron chi connectivity index (χ1n) is 14.8. The number of ether oxygens (including phenoxy) is 1. The van der Waals surface area contributed by atoms with Crippen molar-refractivity contribution in [2.45, 2.75) is 117 Å². The molecule has 1 aliphatic heterocycles. The van der Waals surface area contributed by atoms with Crippen LogP contribution in [0.5, 0.6) is 0 Å². The van der Waals surface area contributed by atoms with Gasteiger partial charge in [-0.1, -0.05) is 58.3 Å². The van der Waals surface area contributed by atoms with Gasteiger partial charge in [0, 0.05) is 30.4 Å². The first-order valence-corrected chi connectivity index (χ1v) is 14.8. The molecule has 0 amide bonds. The molecule has 1 aliphatic carbocycles. The predicted molar refractivity (Wildman–Crippen MR) is 152 cm³/mol. The van der Waals surface area contributed by atoms with Crippen molar-refractivity contribution < 1.29 is 19.1 Å². The number of Topliss-reactive ketones (excluding diaryl/α,β-unsaturated/α-hetero) is 2. The number of hydrogen-bond acceptors (Lipinski definition) is 5. The van der Waals surface area contributed by atoms with E-state index in [2.05, 4.69) is 24.1 Å². The van der Waals surface area contributed by atoms with Crippen LogP contribution in [-0.4, -0.2) is 36.7 Å². The number of nitrogens with one attached hydrogen (secondary N) is 1. The van der Waals surface area contributed by atoms with Crippen molar-refractivity contribution >= 4 is 17.5 Å². The molecule has 5 nitrogen and oxygen atoms in total. The lowest BCUT2D eigenvalue weighted by molar-refractivity contribution is -0.169. The number of rotatable bonds is 11. The van der Waals surface area contributed by atoms with Crippen molar-refractivity contribution in [2.24, 2.45) is 11.3 Å². The predicted octanol–water partition coefficient (Wildman–Crippen LogP) is 6.36. The van der Waals surface area contributed by atoms with Crippen molar-refractivity contribution in [1.29, 1.82) is 0 Å². The Morgan fingerprint density at radius 2 is 1.68 bits per heavy atom. The lowest BCUT2D eigenvalue weighted by atomic mass is 9.61. The SMILES string of the molecule is CC#Cc1cc(C)c(C2C(=O)CC3(CCNCC3OC(=O)C(CC)CCCCCCCC)CC2=O)c(C)c1. The van der Waals surface area contributed by atoms with E-state index in [1.165, 1.54) is 25.7 Å². The molecule has 5 heteroatoms. The second-order valence-corrected chi connectivity index (χ2v) is 11.5. The maximum Gasteiger partial charge on any atom is 0.309 e. The lowest BCUT2D eigenvalue weighted by Crippen LogP contribution is -2.56. The van der Waals surface area contributed by atoms with Crippen LogP contribution in [0, 0.1) is 37.0 Å². The van der Waals surface area contributed by atoms with Gasteiger partial charge in [-0.25, -0.2) is 0 Å². The third kappa shape index (κ3) is 7.14. The summed E-state index contributed by atoms with van der Waals surface area (Å²) in [5.41, 5.74) is 2.97. The Hall–Kier alpha value is -2.45. The highest BCUT2D eigenvalue weighted by Crippen LogP contribution is 2.47. The van der Waals surface area contributed by atoms with E-state index in [1.54, 1.807) is 6.92 Å². The van der Waals surface area contributed by atoms with Crippen LogP contribution in [0.2, 0.25) is 0 Å². The zero-order chi connectivity index (χ0) is 27.7. The molecule has 38 heavy (non-hydrogen) atoms. The molecule has 0 radical (unpaired) electrons. The summed E-state index contributed by atoms with van der Waals surface area (Å²) in [6, 6.07) is 3.93. The zero-order valence-electron chi connectivity index (χ0n) is 24.2. The number of unbranched alkanes of at least 4 members (excludes halogenated alkanes) is 5. The van der Waals surface area contributed by atoms with Crippen LogP contribution in [0.4, 0.5) is 0 Å². The fraction of sp³-hybridized carbons (Fsp3) is 0.667. The van der Waals surface area contributed by atoms with Crippen molar-refractivity contribution in [3.8, 4) is 11.8 Å². The van der Waals surface area contributed by atoms with Crippen molar-refractivity contribution in [3.05, 3.63) is 34.4 Å². The molecule has 0 aromatic heterocycles. The molecule has 1 saturated heterocycles. The van der Waals surface area contributed by atoms with E-state index in [0.29, 0.717) is 13.0 Å². The van der Waals surface area contributed by atoms with Gasteiger partial charge in [-0.2, -0.15) is 0 Å². The van der Waals surface area contributed by atoms with E-state index < -0.39 is 17.4 Å². The molecule has 3 rings (SSSR count). The molecule has 1 aromatic rings. The number of carbonyl (C=O) groups excluding carboxylic acids is 3. The maximum atomic E-state index is 13.7. The molecule has 2 aliphatic rings. The van der Waals surface area contributed by atoms with Crippen LogP contribution >= 0.6 is 0 Å². The summed E-state index contributed by atoms with van der Waals surface area (Å²) in [5.74, 6) is 4.85. The van der Waals surface area contributed by atoms with Crippen LogP contribution in [0.3, 0.4) is 0 Å². The molecule has 1 N–H and O–H groups in total. The van der Waals surface area contributed by atoms with Gasteiger partial charge in [0.2, 0.25) is 0 Å². The maximum absolute atomic E-state index is 13.7. The Bertz CT molecular complexity index is 1020. The highest BCUT2D eigenvalue weighted by atomic mass is 16.5. The summed E-state index contributed by atoms with van der Waals surface area (Å²) in [6.45, 7) is 11.2. The summed E-state index contributed by atoms with van der Waals surface area (Å²) in [4.78, 5) is 40.5. The van der Waals surface area contributed by atoms with Gasteiger partial charge in [-0.3, -0.25) is 14.4 Å². The third-order valence-electron chi connectivity index (χ3n) is 8.65. The molecule has 1 aromatic carbocycles. The summed E-state index contributed by atoms with van der Waals surface area (Å²) in [6.07, 6.45) is 9.48. The van der Waals surface area contributed by atoms with E-state index in [1.807, 2.05) is 32.9 Å². The number of hydrogen-bond donors (Lipinski definition) is 1. The van der Waals surface area contributed by atoms with Crippen LogP contribution in [0.25, 0.3) is 0 Å². The average molecular weight is 522 g/mol. The van der Waals surface area contributed by atoms with Gasteiger partial charge in [-0.15, -0.1) is 5.92 Å². The molecule has 2 unspecified atom stereocenters. The Balaban J connectivity index is 1.71. The second-order valence-electron chi connectivity index (χ2n) is 11.5. The summed E-state index contributed by atoms with van der Waals surface area (Å²) in [5, 5.41) is 3.34. The number of esters is 1. The van der Waals surface area contributed by atoms with Gasteiger partial charge < -0.3 is 10.1 Å². The van der Waals surface area contributed by atoms with Crippen LogP contribution in [0.15, 0.2) is 12.1 Å². The van der Waals surface area contributed by atoms with Gasteiger partial charge in [-0.05, 0) is 75.4 Å². The molecular weight excluding hydrogens is 474 g/mol. The minimum atomic E-state index is -0.744. The zero-order valence-corrected chi connectivity index (χ0v) is 24.2. The monoisotopic (exact) mass is 521 g/mol. The van der Waals surface area contributed by atoms with Gasteiger partial charge in [0.25, 0.3) is 0 Å². The minimum absolute atomic E-state index is 0.0520. The number of carbonyl (C=O) groups is 3. The van der Waals surface area contributed by atoms with Gasteiger partial charge in [0.05, 0.1) is 5.92 Å². The average Bonchev–Trinajstić information content (AvgIpc) is 2.86. The van der Waals surface area contributed by atoms with Gasteiger partial charge in [0.15, 0.2) is 0 Å². The van der Waals surface area contributed by atoms with E-state index in [4.69, 9.17) is 4.74 Å². The van der Waals surface area contributed by atoms with E-state index in [0.717, 1.165) is 54.5 Å². The summed E-state index contributed by atoms with van der Waals surface area (Å²) in [7, 11) is 0. The van der Waals surface area contributed by atoms with Crippen LogP contribution in [0.1, 0.15) is 120 Å². The number of benzene rings is 1. The summed E-state index contributed by atoms with van der Waals surface area (Å²) < 4.78 is 6.14. The van der Waals surface area contributed by atoms with E-state index in [-0.39, 0.29) is 36.3 Å². The molecule has 208 valence electrons. The first-order chi connectivity index (χ1) is 18.3. The lowest BCUT2D eigenvalue weighted by Gasteiger charge is -2.46. The molecule has 2 fully saturated rings. The second kappa shape index (κ2) is 14.1. The summed E-state index contributed by atoms with van der Waals surface area (Å²) >= 11 is 0. The molecular formula is C33H47NO4. The first kappa shape index (κ1) is 30.1. The molecule has 2 atom stereocenters. The molecule has 0 bridgehead atoms. The standard InChI is InChI=1S/C33H47NO4/c1-6-9-10-11-12-13-15-26(8-3)32(37)38-29-22-34-17-16-33(29)20-27(35)31(28(36)21-33)30-23(4)18-25(14-7-2)19-24(30)5/h18-19,26,29,31,34H,6,8-13,15-17,20-22H2,1-5H3. The molecule has 1 spiro atoms. The van der Waals surface area contributed by atoms with Crippen molar-refractivity contribution in [3.63, 3.8) is 0 Å². The van der Waals surface area contributed by atoms with Crippen molar-refractivity contribution in [1.82, 2.24) is 5.32 Å². The molecule has 1 heterocycles. The normalized spacial score (nSPS) is 24.1. The Morgan fingerprint density at radius 3 is 2.29 bits per heavy atom. The third-order valence-corrected chi connectivity index (χ3v) is 8.65. The van der Waals surface area contributed by atoms with Gasteiger partial charge in [0.1, 0.15) is 23.6 Å². The number of aryl methyl sites for hydroxylation is 2. The van der Waals surface area contributed by atoms with E-state index in [9.17, 15) is 14.4 Å². The number of ketones is 2. The highest BCUT2D eigenvalue weighted by Gasteiger charge is 2.52. The minimum Gasteiger partial charge on any atom is -0.460 e. The topological polar surface area (TPSA) is 72.5 Å². The highest BCUT2D eigenvalue weighted by molar-refractivity contribution is 6.10. The Kier molecular flexibility index (Phi) is 11.2. The quantitative estimate of drug-likeness (QED) is 0.159. The van der Waals surface area contributed by atoms with Crippen LogP contribution in [-0.2, 0) is 19.1 Å². The Labute approximate surface area is 229 Å². The molecule has 1 saturated carbocycles. The smallest absolute Gasteiger partial charge is 0.309 e. The van der Waals surface area contributed by atoms with Crippen LogP contribution < -0.4 is 5.32 Å². The van der Waals surface area contributed by atoms with E-state index >= 15 is 0 Å². The fourth-order valence-electron chi connectivity index (χ4n) is 6.52. The largest absolute Gasteiger partial charge is 0.460 e.